The molecule has 5 nitrogen and oxygen atoms in total. The molecule has 0 amide bonds. The van der Waals surface area contributed by atoms with Gasteiger partial charge in [-0.3, -0.25) is 10.1 Å². The van der Waals surface area contributed by atoms with Crippen molar-refractivity contribution in [2.24, 2.45) is 0 Å². The molecule has 1 N–H and O–H groups in total. The van der Waals surface area contributed by atoms with Crippen molar-refractivity contribution in [3.8, 4) is 0 Å². The summed E-state index contributed by atoms with van der Waals surface area (Å²) in [6.45, 7) is 1.86. The van der Waals surface area contributed by atoms with Crippen LogP contribution in [0.3, 0.4) is 0 Å². The Labute approximate surface area is 106 Å². The molecule has 104 valence electrons. The van der Waals surface area contributed by atoms with Crippen LogP contribution in [0.25, 0.3) is 0 Å². The number of alkyl halides is 3. The molecule has 0 unspecified atom stereocenters. The molecule has 0 aliphatic carbocycles. The summed E-state index contributed by atoms with van der Waals surface area (Å²) in [7, 11) is 0. The van der Waals surface area contributed by atoms with Crippen LogP contribution in [-0.2, 0) is 6.18 Å². The van der Waals surface area contributed by atoms with E-state index in [2.05, 4.69) is 0 Å². The molecule has 0 spiro atoms. The van der Waals surface area contributed by atoms with Crippen molar-refractivity contribution >= 4 is 11.4 Å². The van der Waals surface area contributed by atoms with Gasteiger partial charge in [-0.1, -0.05) is 0 Å². The molecule has 2 rings (SSSR count). The van der Waals surface area contributed by atoms with Crippen molar-refractivity contribution in [3.63, 3.8) is 0 Å². The van der Waals surface area contributed by atoms with E-state index >= 15 is 0 Å². The van der Waals surface area contributed by atoms with E-state index in [1.165, 1.54) is 4.90 Å². The fourth-order valence-corrected chi connectivity index (χ4v) is 2.06. The van der Waals surface area contributed by atoms with Crippen molar-refractivity contribution in [3.05, 3.63) is 33.9 Å². The molecule has 0 aromatic heterocycles. The van der Waals surface area contributed by atoms with Gasteiger partial charge in [0.25, 0.3) is 5.69 Å². The van der Waals surface area contributed by atoms with E-state index in [0.29, 0.717) is 6.07 Å². The minimum atomic E-state index is -4.62. The van der Waals surface area contributed by atoms with Gasteiger partial charge in [-0.25, -0.2) is 0 Å². The quantitative estimate of drug-likeness (QED) is 0.664. The van der Waals surface area contributed by atoms with Crippen LogP contribution in [0.1, 0.15) is 12.5 Å². The molecule has 1 saturated heterocycles. The van der Waals surface area contributed by atoms with Crippen LogP contribution in [0, 0.1) is 10.1 Å². The number of hydrogen-bond acceptors (Lipinski definition) is 4. The SMILES string of the molecule is CC1(O)CN(c2ccc(C(F)(F)F)cc2[N+](=O)[O-])C1. The van der Waals surface area contributed by atoms with E-state index in [0.717, 1.165) is 12.1 Å². The Kier molecular flexibility index (Phi) is 2.93. The van der Waals surface area contributed by atoms with Gasteiger partial charge >= 0.3 is 6.18 Å². The summed E-state index contributed by atoms with van der Waals surface area (Å²) in [5.74, 6) is 0. The number of β-amino-alcohol motifs (C(OH)–C–C–N with tert-alkyl or cyclic N) is 1. The Balaban J connectivity index is 2.38. The van der Waals surface area contributed by atoms with Crippen LogP contribution in [0.5, 0.6) is 0 Å². The number of halogens is 3. The molecule has 1 fully saturated rings. The maximum atomic E-state index is 12.5. The van der Waals surface area contributed by atoms with Crippen LogP contribution >= 0.6 is 0 Å². The van der Waals surface area contributed by atoms with Crippen molar-refractivity contribution in [1.29, 1.82) is 0 Å². The highest BCUT2D eigenvalue weighted by Crippen LogP contribution is 2.39. The van der Waals surface area contributed by atoms with Gasteiger partial charge in [0.2, 0.25) is 0 Å². The molecule has 1 aromatic rings. The molecular weight excluding hydrogens is 265 g/mol. The number of aliphatic hydroxyl groups is 1. The minimum absolute atomic E-state index is 0.0875. The molecule has 0 bridgehead atoms. The Bertz CT molecular complexity index is 520. The Morgan fingerprint density at radius 3 is 2.42 bits per heavy atom. The standard InChI is InChI=1S/C11H11F3N2O3/c1-10(17)5-15(6-10)8-3-2-7(11(12,13)14)4-9(8)16(18)19/h2-4,17H,5-6H2,1H3. The van der Waals surface area contributed by atoms with E-state index in [4.69, 9.17) is 0 Å². The van der Waals surface area contributed by atoms with Gasteiger partial charge in [0.15, 0.2) is 0 Å². The monoisotopic (exact) mass is 276 g/mol. The summed E-state index contributed by atoms with van der Waals surface area (Å²) in [5, 5.41) is 20.4. The van der Waals surface area contributed by atoms with Crippen LogP contribution in [-0.4, -0.2) is 28.7 Å². The highest BCUT2D eigenvalue weighted by Gasteiger charge is 2.40. The van der Waals surface area contributed by atoms with Gasteiger partial charge in [0, 0.05) is 19.2 Å². The smallest absolute Gasteiger partial charge is 0.386 e. The maximum absolute atomic E-state index is 12.5. The predicted octanol–water partition coefficient (Wildman–Crippen LogP) is 2.18. The zero-order chi connectivity index (χ0) is 14.4. The first-order valence-electron chi connectivity index (χ1n) is 5.43. The Hall–Kier alpha value is -1.83. The molecule has 1 heterocycles. The minimum Gasteiger partial charge on any atom is -0.386 e. The second-order valence-corrected chi connectivity index (χ2v) is 4.81. The highest BCUT2D eigenvalue weighted by molar-refractivity contribution is 5.66. The van der Waals surface area contributed by atoms with E-state index in [1.807, 2.05) is 0 Å². The van der Waals surface area contributed by atoms with Crippen LogP contribution in [0.15, 0.2) is 18.2 Å². The third-order valence-electron chi connectivity index (χ3n) is 2.90. The first-order chi connectivity index (χ1) is 8.60. The number of nitrogens with zero attached hydrogens (tertiary/aromatic N) is 2. The lowest BCUT2D eigenvalue weighted by Crippen LogP contribution is -2.60. The number of rotatable bonds is 2. The summed E-state index contributed by atoms with van der Waals surface area (Å²) in [4.78, 5) is 11.5. The van der Waals surface area contributed by atoms with Gasteiger partial charge in [0.1, 0.15) is 5.69 Å². The summed E-state index contributed by atoms with van der Waals surface area (Å²) in [5.41, 5.74) is -2.54. The third-order valence-corrected chi connectivity index (χ3v) is 2.90. The number of benzene rings is 1. The first-order valence-corrected chi connectivity index (χ1v) is 5.43. The van der Waals surface area contributed by atoms with Gasteiger partial charge in [-0.05, 0) is 19.1 Å². The Morgan fingerprint density at radius 2 is 2.00 bits per heavy atom. The van der Waals surface area contributed by atoms with Gasteiger partial charge in [0.05, 0.1) is 16.1 Å². The topological polar surface area (TPSA) is 66.6 Å². The second-order valence-electron chi connectivity index (χ2n) is 4.81. The van der Waals surface area contributed by atoms with E-state index in [9.17, 15) is 28.4 Å². The molecule has 1 aliphatic rings. The number of hydrogen-bond donors (Lipinski definition) is 1. The molecule has 0 atom stereocenters. The fraction of sp³-hybridized carbons (Fsp3) is 0.455. The van der Waals surface area contributed by atoms with E-state index < -0.39 is 28.0 Å². The average molecular weight is 276 g/mol. The first kappa shape index (κ1) is 13.6. The molecule has 19 heavy (non-hydrogen) atoms. The second kappa shape index (κ2) is 4.09. The van der Waals surface area contributed by atoms with Crippen molar-refractivity contribution in [1.82, 2.24) is 0 Å². The number of nitro groups is 1. The van der Waals surface area contributed by atoms with Gasteiger partial charge in [-0.2, -0.15) is 13.2 Å². The average Bonchev–Trinajstić information content (AvgIpc) is 2.23. The lowest BCUT2D eigenvalue weighted by atomic mass is 9.95. The van der Waals surface area contributed by atoms with Crippen molar-refractivity contribution < 1.29 is 23.2 Å². The van der Waals surface area contributed by atoms with Crippen LogP contribution in [0.4, 0.5) is 24.5 Å². The lowest BCUT2D eigenvalue weighted by molar-refractivity contribution is -0.384. The van der Waals surface area contributed by atoms with E-state index in [1.54, 1.807) is 6.92 Å². The summed E-state index contributed by atoms with van der Waals surface area (Å²) >= 11 is 0. The van der Waals surface area contributed by atoms with Gasteiger partial charge in [-0.15, -0.1) is 0 Å². The Morgan fingerprint density at radius 1 is 1.42 bits per heavy atom. The summed E-state index contributed by atoms with van der Waals surface area (Å²) in [6.07, 6.45) is -4.62. The summed E-state index contributed by atoms with van der Waals surface area (Å²) in [6, 6.07) is 2.38. The molecule has 8 heteroatoms. The number of nitro benzene ring substituents is 1. The number of anilines is 1. The van der Waals surface area contributed by atoms with Gasteiger partial charge < -0.3 is 10.0 Å². The zero-order valence-electron chi connectivity index (χ0n) is 9.94. The molecule has 0 saturated carbocycles. The van der Waals surface area contributed by atoms with E-state index in [-0.39, 0.29) is 18.8 Å². The normalized spacial score (nSPS) is 18.1. The molecule has 0 radical (unpaired) electrons. The molecule has 1 aromatic carbocycles. The highest BCUT2D eigenvalue weighted by atomic mass is 19.4. The van der Waals surface area contributed by atoms with Crippen molar-refractivity contribution in [2.45, 2.75) is 18.7 Å². The van der Waals surface area contributed by atoms with Crippen molar-refractivity contribution in [2.75, 3.05) is 18.0 Å². The molecule has 1 aliphatic heterocycles. The van der Waals surface area contributed by atoms with Crippen LogP contribution < -0.4 is 4.90 Å². The predicted molar refractivity (Wildman–Crippen MR) is 60.9 cm³/mol. The lowest BCUT2D eigenvalue weighted by Gasteiger charge is -2.45. The largest absolute Gasteiger partial charge is 0.416 e. The molecular formula is C11H11F3N2O3. The third kappa shape index (κ3) is 2.62. The zero-order valence-corrected chi connectivity index (χ0v) is 9.94. The van der Waals surface area contributed by atoms with Crippen LogP contribution in [0.2, 0.25) is 0 Å². The summed E-state index contributed by atoms with van der Waals surface area (Å²) < 4.78 is 37.5. The maximum Gasteiger partial charge on any atom is 0.416 e. The fourth-order valence-electron chi connectivity index (χ4n) is 2.06.